The van der Waals surface area contributed by atoms with E-state index in [1.165, 1.54) is 13.5 Å². The maximum Gasteiger partial charge on any atom is 0.305 e. The van der Waals surface area contributed by atoms with E-state index in [1.807, 2.05) is 6.92 Å². The highest BCUT2D eigenvalue weighted by molar-refractivity contribution is 5.69. The number of esters is 1. The molecule has 4 aliphatic rings. The summed E-state index contributed by atoms with van der Waals surface area (Å²) in [5, 5.41) is 0. The quantitative estimate of drug-likeness (QED) is 0.137. The molecule has 2 saturated heterocycles. The Morgan fingerprint density at radius 3 is 2.91 bits per heavy atom. The molecule has 2 aliphatic heterocycles. The van der Waals surface area contributed by atoms with E-state index in [0.29, 0.717) is 36.2 Å². The van der Waals surface area contributed by atoms with E-state index in [2.05, 4.69) is 37.0 Å². The van der Waals surface area contributed by atoms with Crippen LogP contribution in [0.4, 0.5) is 0 Å². The highest BCUT2D eigenvalue weighted by Gasteiger charge is 2.48. The predicted octanol–water partition coefficient (Wildman–Crippen LogP) is 5.59. The van der Waals surface area contributed by atoms with Crippen LogP contribution in [0, 0.1) is 35.5 Å². The van der Waals surface area contributed by atoms with Crippen LogP contribution in [-0.4, -0.2) is 44.3 Å². The van der Waals surface area contributed by atoms with Gasteiger partial charge in [0.15, 0.2) is 6.29 Å². The molecule has 5 nitrogen and oxygen atoms in total. The molecule has 0 aromatic carbocycles. The SMILES string of the molecule is CC#CC[C@H](C)C1OC1/C=C/[C@H]1[C@H](OC2CCCCO2)CC2C/C(=C\CCCC(=O)OC)C[C@@H]21. The van der Waals surface area contributed by atoms with E-state index in [1.54, 1.807) is 5.57 Å². The molecule has 0 amide bonds. The Balaban J connectivity index is 1.35. The molecule has 4 rings (SSSR count). The van der Waals surface area contributed by atoms with Gasteiger partial charge in [-0.05, 0) is 76.0 Å². The molecule has 2 heterocycles. The van der Waals surface area contributed by atoms with Crippen LogP contribution in [0.25, 0.3) is 0 Å². The summed E-state index contributed by atoms with van der Waals surface area (Å²) in [5.74, 6) is 8.23. The number of rotatable bonds is 10. The van der Waals surface area contributed by atoms with Gasteiger partial charge in [0.05, 0.1) is 19.3 Å². The normalized spacial score (nSPS) is 36.8. The lowest BCUT2D eigenvalue weighted by Gasteiger charge is -2.29. The third kappa shape index (κ3) is 6.74. The molecule has 2 saturated carbocycles. The van der Waals surface area contributed by atoms with Crippen molar-refractivity contribution >= 4 is 5.97 Å². The van der Waals surface area contributed by atoms with Crippen LogP contribution in [0.1, 0.15) is 78.1 Å². The molecule has 4 fully saturated rings. The van der Waals surface area contributed by atoms with Crippen LogP contribution < -0.4 is 0 Å². The van der Waals surface area contributed by atoms with Gasteiger partial charge in [-0.2, -0.15) is 0 Å². The zero-order chi connectivity index (χ0) is 23.9. The Hall–Kier alpha value is -1.61. The first kappa shape index (κ1) is 25.5. The van der Waals surface area contributed by atoms with Crippen molar-refractivity contribution in [3.8, 4) is 11.8 Å². The predicted molar refractivity (Wildman–Crippen MR) is 132 cm³/mol. The summed E-state index contributed by atoms with van der Waals surface area (Å²) in [6.45, 7) is 4.95. The number of hydrogen-bond donors (Lipinski definition) is 0. The fourth-order valence-corrected chi connectivity index (χ4v) is 6.09. The van der Waals surface area contributed by atoms with Gasteiger partial charge in [-0.3, -0.25) is 4.79 Å². The van der Waals surface area contributed by atoms with Gasteiger partial charge in [0.25, 0.3) is 0 Å². The number of carbonyl (C=O) groups excluding carboxylic acids is 1. The van der Waals surface area contributed by atoms with Crippen molar-refractivity contribution in [2.45, 2.75) is 103 Å². The molecule has 8 atom stereocenters. The fraction of sp³-hybridized carbons (Fsp3) is 0.759. The summed E-state index contributed by atoms with van der Waals surface area (Å²) >= 11 is 0. The summed E-state index contributed by atoms with van der Waals surface area (Å²) in [6, 6.07) is 0. The highest BCUT2D eigenvalue weighted by Crippen LogP contribution is 2.52. The lowest BCUT2D eigenvalue weighted by molar-refractivity contribution is -0.193. The second kappa shape index (κ2) is 12.4. The second-order valence-corrected chi connectivity index (χ2v) is 10.5. The number of fused-ring (bicyclic) bond motifs is 1. The molecule has 188 valence electrons. The van der Waals surface area contributed by atoms with Gasteiger partial charge in [0.1, 0.15) is 6.10 Å². The third-order valence-electron chi connectivity index (χ3n) is 8.04. The van der Waals surface area contributed by atoms with Crippen LogP contribution in [0.15, 0.2) is 23.8 Å². The number of carbonyl (C=O) groups is 1. The number of hydrogen-bond acceptors (Lipinski definition) is 5. The van der Waals surface area contributed by atoms with Crippen LogP contribution in [0.3, 0.4) is 0 Å². The lowest BCUT2D eigenvalue weighted by atomic mass is 9.90. The van der Waals surface area contributed by atoms with Crippen molar-refractivity contribution in [3.05, 3.63) is 23.8 Å². The van der Waals surface area contributed by atoms with Gasteiger partial charge in [-0.15, -0.1) is 11.8 Å². The first-order chi connectivity index (χ1) is 16.6. The molecule has 0 N–H and O–H groups in total. The first-order valence-corrected chi connectivity index (χ1v) is 13.3. The lowest BCUT2D eigenvalue weighted by Crippen LogP contribution is -2.30. The molecule has 5 heteroatoms. The van der Waals surface area contributed by atoms with Crippen molar-refractivity contribution in [1.29, 1.82) is 0 Å². The maximum atomic E-state index is 11.4. The number of methoxy groups -OCH3 is 1. The van der Waals surface area contributed by atoms with Crippen LogP contribution in [0.5, 0.6) is 0 Å². The molecule has 34 heavy (non-hydrogen) atoms. The minimum absolute atomic E-state index is 0.0422. The van der Waals surface area contributed by atoms with Crippen molar-refractivity contribution in [2.24, 2.45) is 23.7 Å². The molecule has 0 spiro atoms. The first-order valence-electron chi connectivity index (χ1n) is 13.3. The van der Waals surface area contributed by atoms with Gasteiger partial charge >= 0.3 is 5.97 Å². The van der Waals surface area contributed by atoms with E-state index in [9.17, 15) is 4.79 Å². The standard InChI is InChI=1S/C29H42O5/c1-4-5-10-20(2)29-25(34-29)15-14-23-24-18-21(11-6-7-12-27(30)31-3)17-22(24)19-26(23)33-28-13-8-9-16-32-28/h11,14-15,20,22-26,28-29H,6-10,12-13,16-19H2,1-3H3/b15-14+,21-11+/t20-,22?,23+,24-,25?,26+,28?,29?/m0/s1. The van der Waals surface area contributed by atoms with Crippen molar-refractivity contribution in [2.75, 3.05) is 13.7 Å². The minimum Gasteiger partial charge on any atom is -0.469 e. The van der Waals surface area contributed by atoms with Crippen molar-refractivity contribution < 1.29 is 23.7 Å². The average Bonchev–Trinajstić information content (AvgIpc) is 3.42. The van der Waals surface area contributed by atoms with Gasteiger partial charge in [0.2, 0.25) is 0 Å². The Kier molecular flexibility index (Phi) is 9.28. The maximum absolute atomic E-state index is 11.4. The summed E-state index contributed by atoms with van der Waals surface area (Å²) < 4.78 is 23.2. The Morgan fingerprint density at radius 2 is 2.15 bits per heavy atom. The molecule has 4 unspecified atom stereocenters. The molecule has 0 aromatic heterocycles. The highest BCUT2D eigenvalue weighted by atomic mass is 16.7. The smallest absolute Gasteiger partial charge is 0.305 e. The number of unbranched alkanes of at least 4 members (excludes halogenated alkanes) is 1. The second-order valence-electron chi connectivity index (χ2n) is 10.5. The Labute approximate surface area is 205 Å². The molecule has 0 radical (unpaired) electrons. The van der Waals surface area contributed by atoms with E-state index in [-0.39, 0.29) is 24.5 Å². The zero-order valence-electron chi connectivity index (χ0n) is 21.2. The van der Waals surface area contributed by atoms with E-state index < -0.39 is 0 Å². The van der Waals surface area contributed by atoms with Gasteiger partial charge in [-0.25, -0.2) is 0 Å². The molecular weight excluding hydrogens is 428 g/mol. The number of allylic oxidation sites excluding steroid dienone is 2. The molecule has 0 aromatic rings. The Morgan fingerprint density at radius 1 is 1.26 bits per heavy atom. The summed E-state index contributed by atoms with van der Waals surface area (Å²) in [6.07, 6.45) is 17.7. The number of epoxide rings is 1. The fourth-order valence-electron chi connectivity index (χ4n) is 6.09. The summed E-state index contributed by atoms with van der Waals surface area (Å²) in [5.41, 5.74) is 1.55. The molecule has 2 aliphatic carbocycles. The molecule has 0 bridgehead atoms. The average molecular weight is 471 g/mol. The number of ether oxygens (including phenoxy) is 4. The van der Waals surface area contributed by atoms with Gasteiger partial charge in [0, 0.05) is 25.4 Å². The van der Waals surface area contributed by atoms with E-state index in [0.717, 1.165) is 58.0 Å². The van der Waals surface area contributed by atoms with Crippen LogP contribution >= 0.6 is 0 Å². The van der Waals surface area contributed by atoms with E-state index in [4.69, 9.17) is 18.9 Å². The van der Waals surface area contributed by atoms with Crippen LogP contribution in [0.2, 0.25) is 0 Å². The topological polar surface area (TPSA) is 57.3 Å². The van der Waals surface area contributed by atoms with Crippen molar-refractivity contribution in [3.63, 3.8) is 0 Å². The monoisotopic (exact) mass is 470 g/mol. The van der Waals surface area contributed by atoms with Crippen molar-refractivity contribution in [1.82, 2.24) is 0 Å². The van der Waals surface area contributed by atoms with E-state index >= 15 is 0 Å². The zero-order valence-corrected chi connectivity index (χ0v) is 21.2. The third-order valence-corrected chi connectivity index (χ3v) is 8.04. The molecular formula is C29H42O5. The minimum atomic E-state index is -0.117. The summed E-state index contributed by atoms with van der Waals surface area (Å²) in [7, 11) is 1.46. The van der Waals surface area contributed by atoms with Gasteiger partial charge in [-0.1, -0.05) is 30.7 Å². The van der Waals surface area contributed by atoms with Crippen LogP contribution in [-0.2, 0) is 23.7 Å². The Bertz CT molecular complexity index is 799. The van der Waals surface area contributed by atoms with Gasteiger partial charge < -0.3 is 18.9 Å². The largest absolute Gasteiger partial charge is 0.469 e. The summed E-state index contributed by atoms with van der Waals surface area (Å²) in [4.78, 5) is 11.4.